The predicted molar refractivity (Wildman–Crippen MR) is 88.2 cm³/mol. The molecular formula is C17H25N5O. The van der Waals surface area contributed by atoms with Crippen LogP contribution in [0.4, 0.5) is 0 Å². The van der Waals surface area contributed by atoms with Gasteiger partial charge in [0.05, 0.1) is 13.2 Å². The van der Waals surface area contributed by atoms with Crippen LogP contribution in [0.25, 0.3) is 0 Å². The van der Waals surface area contributed by atoms with Crippen LogP contribution in [0, 0.1) is 19.8 Å². The first-order valence-electron chi connectivity index (χ1n) is 8.24. The van der Waals surface area contributed by atoms with Gasteiger partial charge >= 0.3 is 0 Å². The summed E-state index contributed by atoms with van der Waals surface area (Å²) in [5.41, 5.74) is 0.991. The molecule has 2 aromatic heterocycles. The van der Waals surface area contributed by atoms with Crippen molar-refractivity contribution >= 4 is 0 Å². The molecule has 1 saturated heterocycles. The lowest BCUT2D eigenvalue weighted by Crippen LogP contribution is -2.37. The lowest BCUT2D eigenvalue weighted by molar-refractivity contribution is 0.122. The minimum atomic E-state index is 0.562. The van der Waals surface area contributed by atoms with Gasteiger partial charge in [0.2, 0.25) is 0 Å². The highest BCUT2D eigenvalue weighted by Crippen LogP contribution is 2.20. The lowest BCUT2D eigenvalue weighted by atomic mass is 9.99. The van der Waals surface area contributed by atoms with Crippen LogP contribution in [0.1, 0.15) is 30.2 Å². The molecule has 6 nitrogen and oxygen atoms in total. The normalized spacial score (nSPS) is 19.0. The molecule has 124 valence electrons. The van der Waals surface area contributed by atoms with Crippen molar-refractivity contribution in [3.05, 3.63) is 35.7 Å². The monoisotopic (exact) mass is 315 g/mol. The molecule has 0 radical (unpaired) electrons. The summed E-state index contributed by atoms with van der Waals surface area (Å²) in [4.78, 5) is 6.66. The van der Waals surface area contributed by atoms with Crippen molar-refractivity contribution in [2.75, 3.05) is 19.7 Å². The van der Waals surface area contributed by atoms with Crippen molar-refractivity contribution in [2.24, 2.45) is 13.0 Å². The maximum absolute atomic E-state index is 5.95. The molecule has 2 aromatic rings. The van der Waals surface area contributed by atoms with Gasteiger partial charge in [-0.05, 0) is 39.3 Å². The van der Waals surface area contributed by atoms with Crippen molar-refractivity contribution in [2.45, 2.75) is 33.2 Å². The molecule has 0 spiro atoms. The zero-order chi connectivity index (χ0) is 16.2. The number of pyridine rings is 1. The Morgan fingerprint density at radius 2 is 2.17 bits per heavy atom. The number of aryl methyl sites for hydroxylation is 2. The molecule has 23 heavy (non-hydrogen) atoms. The van der Waals surface area contributed by atoms with Crippen LogP contribution < -0.4 is 4.74 Å². The predicted octanol–water partition coefficient (Wildman–Crippen LogP) is 2.12. The summed E-state index contributed by atoms with van der Waals surface area (Å²) in [6.07, 6.45) is 4.23. The number of nitrogens with zero attached hydrogens (tertiary/aromatic N) is 5. The number of likely N-dealkylation sites (tertiary alicyclic amines) is 1. The Kier molecular flexibility index (Phi) is 4.91. The van der Waals surface area contributed by atoms with Crippen molar-refractivity contribution in [3.63, 3.8) is 0 Å². The molecule has 0 aromatic carbocycles. The molecular weight excluding hydrogens is 290 g/mol. The number of ether oxygens (including phenoxy) is 1. The Labute approximate surface area is 137 Å². The highest BCUT2D eigenvalue weighted by molar-refractivity contribution is 5.21. The minimum absolute atomic E-state index is 0.562. The molecule has 0 amide bonds. The summed E-state index contributed by atoms with van der Waals surface area (Å²) in [7, 11) is 2.03. The Bertz CT molecular complexity index is 654. The van der Waals surface area contributed by atoms with E-state index in [0.717, 1.165) is 49.3 Å². The minimum Gasteiger partial charge on any atom is -0.493 e. The van der Waals surface area contributed by atoms with Gasteiger partial charge < -0.3 is 9.30 Å². The molecule has 1 aliphatic rings. The average molecular weight is 315 g/mol. The van der Waals surface area contributed by atoms with Crippen molar-refractivity contribution in [3.8, 4) is 5.75 Å². The Balaban J connectivity index is 1.53. The molecule has 0 N–H and O–H groups in total. The topological polar surface area (TPSA) is 56.1 Å². The van der Waals surface area contributed by atoms with Gasteiger partial charge in [-0.25, -0.2) is 0 Å². The van der Waals surface area contributed by atoms with Crippen LogP contribution in [0.15, 0.2) is 18.3 Å². The first kappa shape index (κ1) is 15.9. The van der Waals surface area contributed by atoms with E-state index >= 15 is 0 Å². The fraction of sp³-hybridized carbons (Fsp3) is 0.588. The zero-order valence-corrected chi connectivity index (χ0v) is 14.2. The zero-order valence-electron chi connectivity index (χ0n) is 14.2. The molecule has 1 unspecified atom stereocenters. The van der Waals surface area contributed by atoms with Gasteiger partial charge in [0.25, 0.3) is 0 Å². The van der Waals surface area contributed by atoms with Gasteiger partial charge in [0.15, 0.2) is 0 Å². The number of aromatic nitrogens is 4. The standard InChI is InChI=1S/C17H25N5O/c1-13-9-16(6-7-18-13)23-12-15-5-4-8-22(10-15)11-17-20-19-14(2)21(17)3/h6-7,9,15H,4-5,8,10-12H2,1-3H3. The van der Waals surface area contributed by atoms with Crippen LogP contribution in [-0.4, -0.2) is 44.3 Å². The second-order valence-corrected chi connectivity index (χ2v) is 6.41. The third-order valence-corrected chi connectivity index (χ3v) is 4.50. The third-order valence-electron chi connectivity index (χ3n) is 4.50. The van der Waals surface area contributed by atoms with E-state index in [1.807, 2.05) is 33.0 Å². The van der Waals surface area contributed by atoms with Crippen LogP contribution in [0.5, 0.6) is 5.75 Å². The fourth-order valence-corrected chi connectivity index (χ4v) is 3.04. The molecule has 3 heterocycles. The smallest absolute Gasteiger partial charge is 0.146 e. The van der Waals surface area contributed by atoms with Crippen LogP contribution >= 0.6 is 0 Å². The summed E-state index contributed by atoms with van der Waals surface area (Å²) < 4.78 is 8.02. The number of hydrogen-bond donors (Lipinski definition) is 0. The SMILES string of the molecule is Cc1cc(OCC2CCCN(Cc3nnc(C)n3C)C2)ccn1. The lowest BCUT2D eigenvalue weighted by Gasteiger charge is -2.32. The summed E-state index contributed by atoms with van der Waals surface area (Å²) in [5, 5.41) is 8.41. The van der Waals surface area contributed by atoms with Crippen molar-refractivity contribution in [1.29, 1.82) is 0 Å². The highest BCUT2D eigenvalue weighted by Gasteiger charge is 2.22. The number of rotatable bonds is 5. The summed E-state index contributed by atoms with van der Waals surface area (Å²) >= 11 is 0. The second-order valence-electron chi connectivity index (χ2n) is 6.41. The van der Waals surface area contributed by atoms with Crippen LogP contribution in [0.3, 0.4) is 0 Å². The molecule has 0 saturated carbocycles. The van der Waals surface area contributed by atoms with Gasteiger partial charge in [-0.15, -0.1) is 10.2 Å². The Morgan fingerprint density at radius 3 is 2.91 bits per heavy atom. The highest BCUT2D eigenvalue weighted by atomic mass is 16.5. The second kappa shape index (κ2) is 7.08. The molecule has 1 aliphatic heterocycles. The third kappa shape index (κ3) is 4.07. The molecule has 0 aliphatic carbocycles. The molecule has 1 fully saturated rings. The van der Waals surface area contributed by atoms with E-state index < -0.39 is 0 Å². The van der Waals surface area contributed by atoms with E-state index in [-0.39, 0.29) is 0 Å². The summed E-state index contributed by atoms with van der Waals surface area (Å²) in [6, 6.07) is 3.92. The van der Waals surface area contributed by atoms with Gasteiger partial charge in [-0.2, -0.15) is 0 Å². The maximum atomic E-state index is 5.95. The van der Waals surface area contributed by atoms with Crippen molar-refractivity contribution in [1.82, 2.24) is 24.6 Å². The van der Waals surface area contributed by atoms with Gasteiger partial charge in [0.1, 0.15) is 17.4 Å². The van der Waals surface area contributed by atoms with Crippen LogP contribution in [-0.2, 0) is 13.6 Å². The van der Waals surface area contributed by atoms with Crippen molar-refractivity contribution < 1.29 is 4.74 Å². The molecule has 0 bridgehead atoms. The largest absolute Gasteiger partial charge is 0.493 e. The first-order valence-corrected chi connectivity index (χ1v) is 8.24. The maximum Gasteiger partial charge on any atom is 0.146 e. The Hall–Kier alpha value is -1.95. The summed E-state index contributed by atoms with van der Waals surface area (Å²) in [6.45, 7) is 7.77. The molecule has 1 atom stereocenters. The number of piperidine rings is 1. The quantitative estimate of drug-likeness (QED) is 0.846. The van der Waals surface area contributed by atoms with E-state index in [1.165, 1.54) is 12.8 Å². The van der Waals surface area contributed by atoms with E-state index in [9.17, 15) is 0 Å². The van der Waals surface area contributed by atoms with Gasteiger partial charge in [-0.3, -0.25) is 9.88 Å². The van der Waals surface area contributed by atoms with Gasteiger partial charge in [0, 0.05) is 37.5 Å². The van der Waals surface area contributed by atoms with E-state index in [2.05, 4.69) is 24.6 Å². The average Bonchev–Trinajstić information content (AvgIpc) is 2.86. The van der Waals surface area contributed by atoms with E-state index in [1.54, 1.807) is 6.20 Å². The first-order chi connectivity index (χ1) is 11.1. The number of hydrogen-bond acceptors (Lipinski definition) is 5. The Morgan fingerprint density at radius 1 is 1.30 bits per heavy atom. The van der Waals surface area contributed by atoms with E-state index in [0.29, 0.717) is 5.92 Å². The molecule has 6 heteroatoms. The molecule has 3 rings (SSSR count). The summed E-state index contributed by atoms with van der Waals surface area (Å²) in [5.74, 6) is 3.48. The van der Waals surface area contributed by atoms with Gasteiger partial charge in [-0.1, -0.05) is 0 Å². The van der Waals surface area contributed by atoms with E-state index in [4.69, 9.17) is 4.74 Å². The fourth-order valence-electron chi connectivity index (χ4n) is 3.04. The van der Waals surface area contributed by atoms with Crippen LogP contribution in [0.2, 0.25) is 0 Å².